The molecule has 0 atom stereocenters. The summed E-state index contributed by atoms with van der Waals surface area (Å²) in [6, 6.07) is 0. The van der Waals surface area contributed by atoms with Crippen LogP contribution in [0, 0.1) is 0 Å². The van der Waals surface area contributed by atoms with Gasteiger partial charge in [-0.1, -0.05) is 6.92 Å². The molecule has 0 radical (unpaired) electrons. The van der Waals surface area contributed by atoms with E-state index in [2.05, 4.69) is 9.97 Å². The van der Waals surface area contributed by atoms with Crippen molar-refractivity contribution in [2.45, 2.75) is 32.6 Å². The van der Waals surface area contributed by atoms with Crippen LogP contribution in [0.2, 0.25) is 0 Å². The molecule has 0 aromatic carbocycles. The number of hydrogen-bond donors (Lipinski definition) is 1. The van der Waals surface area contributed by atoms with Crippen molar-refractivity contribution >= 4 is 5.97 Å². The van der Waals surface area contributed by atoms with Gasteiger partial charge in [-0.25, -0.2) is 9.97 Å². The van der Waals surface area contributed by atoms with Crippen LogP contribution >= 0.6 is 0 Å². The Hall–Kier alpha value is -1.45. The number of nitrogens with zero attached hydrogens (tertiary/aromatic N) is 2. The number of aliphatic carboxylic acids is 1. The largest absolute Gasteiger partial charge is 0.481 e. The quantitative estimate of drug-likeness (QED) is 0.770. The Bertz CT molecular complexity index is 313. The SMILES string of the molecule is CCc1ncncc1CCCC(=O)O. The van der Waals surface area contributed by atoms with Gasteiger partial charge in [-0.05, 0) is 24.8 Å². The van der Waals surface area contributed by atoms with E-state index in [1.807, 2.05) is 6.92 Å². The molecule has 0 unspecified atom stereocenters. The van der Waals surface area contributed by atoms with Crippen molar-refractivity contribution in [2.75, 3.05) is 0 Å². The maximum absolute atomic E-state index is 10.3. The Labute approximate surface area is 83.0 Å². The van der Waals surface area contributed by atoms with Gasteiger partial charge in [0.2, 0.25) is 0 Å². The highest BCUT2D eigenvalue weighted by molar-refractivity contribution is 5.66. The zero-order chi connectivity index (χ0) is 10.4. The summed E-state index contributed by atoms with van der Waals surface area (Å²) < 4.78 is 0. The molecule has 76 valence electrons. The van der Waals surface area contributed by atoms with Crippen molar-refractivity contribution in [3.8, 4) is 0 Å². The van der Waals surface area contributed by atoms with Crippen molar-refractivity contribution in [3.63, 3.8) is 0 Å². The first-order valence-corrected chi connectivity index (χ1v) is 4.73. The smallest absolute Gasteiger partial charge is 0.303 e. The standard InChI is InChI=1S/C10H14N2O2/c1-2-9-8(6-11-7-12-9)4-3-5-10(13)14/h6-7H,2-5H2,1H3,(H,13,14). The number of rotatable bonds is 5. The molecule has 1 aromatic heterocycles. The lowest BCUT2D eigenvalue weighted by Gasteiger charge is -2.03. The molecule has 0 aliphatic rings. The van der Waals surface area contributed by atoms with Crippen LogP contribution in [0.25, 0.3) is 0 Å². The number of aromatic nitrogens is 2. The molecule has 4 nitrogen and oxygen atoms in total. The molecule has 0 fully saturated rings. The van der Waals surface area contributed by atoms with Crippen LogP contribution < -0.4 is 0 Å². The van der Waals surface area contributed by atoms with Gasteiger partial charge in [0.05, 0.1) is 0 Å². The first-order valence-electron chi connectivity index (χ1n) is 4.73. The molecule has 0 saturated heterocycles. The maximum Gasteiger partial charge on any atom is 0.303 e. The lowest BCUT2D eigenvalue weighted by atomic mass is 10.1. The fourth-order valence-electron chi connectivity index (χ4n) is 1.34. The van der Waals surface area contributed by atoms with Crippen molar-refractivity contribution in [1.29, 1.82) is 0 Å². The number of carboxylic acids is 1. The minimum atomic E-state index is -0.750. The first kappa shape index (κ1) is 10.6. The summed E-state index contributed by atoms with van der Waals surface area (Å²) in [5.41, 5.74) is 2.08. The van der Waals surface area contributed by atoms with E-state index in [4.69, 9.17) is 5.11 Å². The number of carbonyl (C=O) groups is 1. The summed E-state index contributed by atoms with van der Waals surface area (Å²) >= 11 is 0. The van der Waals surface area contributed by atoms with E-state index in [1.165, 1.54) is 6.33 Å². The fourth-order valence-corrected chi connectivity index (χ4v) is 1.34. The van der Waals surface area contributed by atoms with Crippen molar-refractivity contribution in [2.24, 2.45) is 0 Å². The summed E-state index contributed by atoms with van der Waals surface area (Å²) in [5.74, 6) is -0.750. The lowest BCUT2D eigenvalue weighted by Crippen LogP contribution is -2.00. The molecule has 1 N–H and O–H groups in total. The maximum atomic E-state index is 10.3. The Morgan fingerprint density at radius 2 is 2.36 bits per heavy atom. The van der Waals surface area contributed by atoms with Gasteiger partial charge in [0.25, 0.3) is 0 Å². The van der Waals surface area contributed by atoms with Crippen LogP contribution in [-0.4, -0.2) is 21.0 Å². The normalized spacial score (nSPS) is 10.1. The molecule has 4 heteroatoms. The predicted octanol–water partition coefficient (Wildman–Crippen LogP) is 1.45. The van der Waals surface area contributed by atoms with E-state index < -0.39 is 5.97 Å². The van der Waals surface area contributed by atoms with Gasteiger partial charge in [0.15, 0.2) is 0 Å². The Kier molecular flexibility index (Phi) is 4.04. The highest BCUT2D eigenvalue weighted by Gasteiger charge is 2.03. The Morgan fingerprint density at radius 1 is 1.57 bits per heavy atom. The first-order chi connectivity index (χ1) is 6.74. The van der Waals surface area contributed by atoms with E-state index in [0.29, 0.717) is 6.42 Å². The Balaban J connectivity index is 2.53. The second-order valence-corrected chi connectivity index (χ2v) is 3.10. The second-order valence-electron chi connectivity index (χ2n) is 3.10. The summed E-state index contributed by atoms with van der Waals surface area (Å²) in [7, 11) is 0. The van der Waals surface area contributed by atoms with Crippen molar-refractivity contribution in [1.82, 2.24) is 9.97 Å². The summed E-state index contributed by atoms with van der Waals surface area (Å²) in [6.07, 6.45) is 5.77. The molecular formula is C10H14N2O2. The zero-order valence-corrected chi connectivity index (χ0v) is 8.23. The average Bonchev–Trinajstić information content (AvgIpc) is 2.18. The summed E-state index contributed by atoms with van der Waals surface area (Å²) in [4.78, 5) is 18.4. The van der Waals surface area contributed by atoms with Crippen LogP contribution in [0.1, 0.15) is 31.0 Å². The molecule has 0 bridgehead atoms. The van der Waals surface area contributed by atoms with Crippen molar-refractivity contribution < 1.29 is 9.90 Å². The third kappa shape index (κ3) is 3.12. The van der Waals surface area contributed by atoms with Crippen LogP contribution in [0.4, 0.5) is 0 Å². The molecule has 1 aromatic rings. The fraction of sp³-hybridized carbons (Fsp3) is 0.500. The third-order valence-electron chi connectivity index (χ3n) is 2.05. The van der Waals surface area contributed by atoms with Gasteiger partial charge < -0.3 is 5.11 Å². The highest BCUT2D eigenvalue weighted by Crippen LogP contribution is 2.08. The topological polar surface area (TPSA) is 63.1 Å². The van der Waals surface area contributed by atoms with E-state index in [0.717, 1.165) is 24.1 Å². The van der Waals surface area contributed by atoms with Gasteiger partial charge >= 0.3 is 5.97 Å². The molecular weight excluding hydrogens is 180 g/mol. The van der Waals surface area contributed by atoms with Crippen LogP contribution in [0.3, 0.4) is 0 Å². The van der Waals surface area contributed by atoms with Crippen LogP contribution in [0.15, 0.2) is 12.5 Å². The van der Waals surface area contributed by atoms with Gasteiger partial charge in [0.1, 0.15) is 6.33 Å². The number of hydrogen-bond acceptors (Lipinski definition) is 3. The highest BCUT2D eigenvalue weighted by atomic mass is 16.4. The minimum Gasteiger partial charge on any atom is -0.481 e. The van der Waals surface area contributed by atoms with Crippen LogP contribution in [-0.2, 0) is 17.6 Å². The zero-order valence-electron chi connectivity index (χ0n) is 8.23. The summed E-state index contributed by atoms with van der Waals surface area (Å²) in [6.45, 7) is 2.03. The molecule has 0 spiro atoms. The minimum absolute atomic E-state index is 0.206. The molecule has 0 aliphatic carbocycles. The molecule has 0 saturated carbocycles. The Morgan fingerprint density at radius 3 is 3.00 bits per heavy atom. The second kappa shape index (κ2) is 5.32. The number of carboxylic acid groups (broad SMARTS) is 1. The molecule has 14 heavy (non-hydrogen) atoms. The van der Waals surface area contributed by atoms with E-state index in [1.54, 1.807) is 6.20 Å². The molecule has 1 heterocycles. The lowest BCUT2D eigenvalue weighted by molar-refractivity contribution is -0.137. The van der Waals surface area contributed by atoms with E-state index in [9.17, 15) is 4.79 Å². The molecule has 0 amide bonds. The monoisotopic (exact) mass is 194 g/mol. The van der Waals surface area contributed by atoms with Gasteiger partial charge in [-0.15, -0.1) is 0 Å². The average molecular weight is 194 g/mol. The van der Waals surface area contributed by atoms with Gasteiger partial charge in [-0.3, -0.25) is 4.79 Å². The predicted molar refractivity (Wildman–Crippen MR) is 52.0 cm³/mol. The van der Waals surface area contributed by atoms with E-state index in [-0.39, 0.29) is 6.42 Å². The molecule has 0 aliphatic heterocycles. The van der Waals surface area contributed by atoms with Crippen molar-refractivity contribution in [3.05, 3.63) is 23.8 Å². The molecule has 1 rings (SSSR count). The number of aryl methyl sites for hydroxylation is 2. The van der Waals surface area contributed by atoms with Crippen LogP contribution in [0.5, 0.6) is 0 Å². The van der Waals surface area contributed by atoms with E-state index >= 15 is 0 Å². The summed E-state index contributed by atoms with van der Waals surface area (Å²) in [5, 5.41) is 8.49. The van der Waals surface area contributed by atoms with Gasteiger partial charge in [-0.2, -0.15) is 0 Å². The van der Waals surface area contributed by atoms with Gasteiger partial charge in [0, 0.05) is 18.3 Å². The third-order valence-corrected chi connectivity index (χ3v) is 2.05.